The van der Waals surface area contributed by atoms with E-state index < -0.39 is 51.8 Å². The summed E-state index contributed by atoms with van der Waals surface area (Å²) in [7, 11) is -4.59. The lowest BCUT2D eigenvalue weighted by Crippen LogP contribution is -2.29. The van der Waals surface area contributed by atoms with Crippen LogP contribution >= 0.6 is 7.82 Å². The second-order valence-electron chi connectivity index (χ2n) is 12.6. The number of hydrogen-bond acceptors (Lipinski definition) is 9. The molecule has 0 aromatic carbocycles. The molecule has 0 aromatic rings. The molecular formula is C35H69O10P. The second-order valence-corrected chi connectivity index (χ2v) is 14.1. The number of hydrogen-bond donors (Lipinski definition) is 3. The van der Waals surface area contributed by atoms with Crippen molar-refractivity contribution in [1.82, 2.24) is 0 Å². The number of phosphoric ester groups is 1. The van der Waals surface area contributed by atoms with Gasteiger partial charge in [-0.05, 0) is 12.8 Å². The zero-order valence-corrected chi connectivity index (χ0v) is 30.2. The highest BCUT2D eigenvalue weighted by Crippen LogP contribution is 2.43. The first-order valence-corrected chi connectivity index (χ1v) is 20.0. The highest BCUT2D eigenvalue weighted by molar-refractivity contribution is 7.47. The van der Waals surface area contributed by atoms with Gasteiger partial charge in [0.25, 0.3) is 0 Å². The van der Waals surface area contributed by atoms with E-state index in [0.717, 1.165) is 32.1 Å². The number of carbonyl (C=O) groups is 2. The summed E-state index contributed by atoms with van der Waals surface area (Å²) in [6.07, 6.45) is 26.0. The van der Waals surface area contributed by atoms with Crippen LogP contribution in [0.15, 0.2) is 0 Å². The highest BCUT2D eigenvalue weighted by atomic mass is 31.2. The van der Waals surface area contributed by atoms with Crippen molar-refractivity contribution in [3.63, 3.8) is 0 Å². The molecule has 46 heavy (non-hydrogen) atoms. The van der Waals surface area contributed by atoms with Gasteiger partial charge in [-0.1, -0.05) is 149 Å². The van der Waals surface area contributed by atoms with Crippen LogP contribution in [-0.4, -0.2) is 65.7 Å². The number of unbranched alkanes of at least 4 members (excludes halogenated alkanes) is 21. The number of rotatable bonds is 35. The number of ether oxygens (including phenoxy) is 2. The molecule has 0 aromatic heterocycles. The largest absolute Gasteiger partial charge is 0.472 e. The number of aliphatic hydroxyl groups excluding tert-OH is 2. The van der Waals surface area contributed by atoms with Gasteiger partial charge in [0.15, 0.2) is 6.10 Å². The smallest absolute Gasteiger partial charge is 0.462 e. The van der Waals surface area contributed by atoms with E-state index in [9.17, 15) is 24.2 Å². The predicted octanol–water partition coefficient (Wildman–Crippen LogP) is 8.72. The van der Waals surface area contributed by atoms with Crippen molar-refractivity contribution >= 4 is 19.8 Å². The molecule has 3 atom stereocenters. The molecule has 0 aliphatic heterocycles. The monoisotopic (exact) mass is 680 g/mol. The minimum absolute atomic E-state index is 0.190. The van der Waals surface area contributed by atoms with Crippen LogP contribution in [0.5, 0.6) is 0 Å². The Labute approximate surface area is 280 Å². The lowest BCUT2D eigenvalue weighted by atomic mass is 10.0. The van der Waals surface area contributed by atoms with Gasteiger partial charge in [0.1, 0.15) is 12.7 Å². The van der Waals surface area contributed by atoms with Crippen LogP contribution in [-0.2, 0) is 32.7 Å². The molecule has 0 radical (unpaired) electrons. The number of esters is 2. The summed E-state index contributed by atoms with van der Waals surface area (Å²) in [5, 5.41) is 18.1. The van der Waals surface area contributed by atoms with Crippen molar-refractivity contribution in [2.24, 2.45) is 0 Å². The third-order valence-electron chi connectivity index (χ3n) is 8.01. The third-order valence-corrected chi connectivity index (χ3v) is 8.96. The molecule has 0 rings (SSSR count). The van der Waals surface area contributed by atoms with E-state index in [1.807, 2.05) is 6.92 Å². The van der Waals surface area contributed by atoms with Gasteiger partial charge in [-0.25, -0.2) is 4.57 Å². The first-order chi connectivity index (χ1) is 22.2. The summed E-state index contributed by atoms with van der Waals surface area (Å²) >= 11 is 0. The second kappa shape index (κ2) is 32.5. The highest BCUT2D eigenvalue weighted by Gasteiger charge is 2.27. The Bertz CT molecular complexity index is 751. The van der Waals surface area contributed by atoms with E-state index in [-0.39, 0.29) is 19.4 Å². The van der Waals surface area contributed by atoms with E-state index >= 15 is 0 Å². The minimum Gasteiger partial charge on any atom is -0.462 e. The zero-order chi connectivity index (χ0) is 34.1. The molecule has 0 bridgehead atoms. The lowest BCUT2D eigenvalue weighted by molar-refractivity contribution is -0.161. The van der Waals surface area contributed by atoms with Crippen molar-refractivity contribution in [1.29, 1.82) is 0 Å². The van der Waals surface area contributed by atoms with Gasteiger partial charge in [0, 0.05) is 12.8 Å². The fourth-order valence-corrected chi connectivity index (χ4v) is 5.90. The molecule has 0 fully saturated rings. The molecule has 3 N–H and O–H groups in total. The van der Waals surface area contributed by atoms with Gasteiger partial charge >= 0.3 is 19.8 Å². The SMILES string of the molecule is CCCCCCCCCCCCCCCCCCCCCCC(=O)OC(COC(=O)CCCCC)COP(=O)(O)OCC(O)CO. The van der Waals surface area contributed by atoms with Crippen LogP contribution in [0.1, 0.15) is 174 Å². The molecule has 0 saturated carbocycles. The molecular weight excluding hydrogens is 611 g/mol. The maximum absolute atomic E-state index is 12.4. The Balaban J connectivity index is 4.01. The summed E-state index contributed by atoms with van der Waals surface area (Å²) in [5.41, 5.74) is 0. The summed E-state index contributed by atoms with van der Waals surface area (Å²) in [4.78, 5) is 34.3. The number of carbonyl (C=O) groups excluding carboxylic acids is 2. The first kappa shape index (κ1) is 45.0. The average Bonchev–Trinajstić information content (AvgIpc) is 3.04. The molecule has 0 aliphatic rings. The van der Waals surface area contributed by atoms with E-state index in [4.69, 9.17) is 19.1 Å². The topological polar surface area (TPSA) is 149 Å². The molecule has 0 spiro atoms. The number of aliphatic hydroxyl groups is 2. The predicted molar refractivity (Wildman–Crippen MR) is 182 cm³/mol. The van der Waals surface area contributed by atoms with Crippen molar-refractivity contribution in [2.45, 2.75) is 187 Å². The zero-order valence-electron chi connectivity index (χ0n) is 29.3. The van der Waals surface area contributed by atoms with E-state index in [1.54, 1.807) is 0 Å². The Morgan fingerprint density at radius 3 is 1.39 bits per heavy atom. The first-order valence-electron chi connectivity index (χ1n) is 18.5. The van der Waals surface area contributed by atoms with Gasteiger partial charge in [-0.3, -0.25) is 18.6 Å². The molecule has 274 valence electrons. The van der Waals surface area contributed by atoms with Gasteiger partial charge in [0.2, 0.25) is 0 Å². The van der Waals surface area contributed by atoms with E-state index in [2.05, 4.69) is 11.4 Å². The molecule has 11 heteroatoms. The average molecular weight is 681 g/mol. The molecule has 0 heterocycles. The molecule has 3 unspecified atom stereocenters. The number of phosphoric acid groups is 1. The van der Waals surface area contributed by atoms with Crippen molar-refractivity contribution in [3.8, 4) is 0 Å². The molecule has 0 aliphatic carbocycles. The summed E-state index contributed by atoms with van der Waals surface area (Å²) < 4.78 is 32.2. The maximum Gasteiger partial charge on any atom is 0.472 e. The van der Waals surface area contributed by atoms with Crippen LogP contribution in [0.2, 0.25) is 0 Å². The normalized spacial score (nSPS) is 14.1. The molecule has 10 nitrogen and oxygen atoms in total. The van der Waals surface area contributed by atoms with Gasteiger partial charge in [-0.2, -0.15) is 0 Å². The van der Waals surface area contributed by atoms with Crippen LogP contribution in [0.25, 0.3) is 0 Å². The van der Waals surface area contributed by atoms with Crippen LogP contribution in [0, 0.1) is 0 Å². The maximum atomic E-state index is 12.4. The van der Waals surface area contributed by atoms with Gasteiger partial charge in [0.05, 0.1) is 19.8 Å². The quantitative estimate of drug-likeness (QED) is 0.0337. The van der Waals surface area contributed by atoms with Crippen LogP contribution in [0.3, 0.4) is 0 Å². The Morgan fingerprint density at radius 2 is 0.935 bits per heavy atom. The molecule has 0 amide bonds. The summed E-state index contributed by atoms with van der Waals surface area (Å²) in [6.45, 7) is 2.19. The Morgan fingerprint density at radius 1 is 0.565 bits per heavy atom. The van der Waals surface area contributed by atoms with Crippen molar-refractivity contribution in [3.05, 3.63) is 0 Å². The summed E-state index contributed by atoms with van der Waals surface area (Å²) in [5.74, 6) is -0.944. The summed E-state index contributed by atoms with van der Waals surface area (Å²) in [6, 6.07) is 0. The van der Waals surface area contributed by atoms with Gasteiger partial charge in [-0.15, -0.1) is 0 Å². The Hall–Kier alpha value is -1.03. The third kappa shape index (κ3) is 31.6. The minimum atomic E-state index is -4.59. The van der Waals surface area contributed by atoms with Gasteiger partial charge < -0.3 is 24.6 Å². The Kier molecular flexibility index (Phi) is 31.8. The van der Waals surface area contributed by atoms with Crippen molar-refractivity contribution < 1.29 is 47.8 Å². The van der Waals surface area contributed by atoms with E-state index in [0.29, 0.717) is 12.8 Å². The van der Waals surface area contributed by atoms with Crippen LogP contribution < -0.4 is 0 Å². The van der Waals surface area contributed by atoms with Crippen LogP contribution in [0.4, 0.5) is 0 Å². The standard InChI is InChI=1S/C35H69O10P/c1-3-5-7-8-9-10-11-12-13-14-15-16-17-18-19-20-21-22-23-25-27-35(39)45-33(30-42-34(38)26-24-6-4-2)31-44-46(40,41)43-29-32(37)28-36/h32-33,36-37H,3-31H2,1-2H3,(H,40,41). The lowest BCUT2D eigenvalue weighted by Gasteiger charge is -2.20. The fraction of sp³-hybridized carbons (Fsp3) is 0.943. The van der Waals surface area contributed by atoms with E-state index in [1.165, 1.54) is 103 Å². The van der Waals surface area contributed by atoms with Crippen molar-refractivity contribution in [2.75, 3.05) is 26.4 Å². The molecule has 0 saturated heterocycles. The fourth-order valence-electron chi connectivity index (χ4n) is 5.11.